The van der Waals surface area contributed by atoms with Gasteiger partial charge < -0.3 is 13.6 Å². The maximum absolute atomic E-state index is 9.25. The predicted octanol–water partition coefficient (Wildman–Crippen LogP) is 18.7. The number of benzene rings is 8. The molecule has 0 aliphatic rings. The van der Waals surface area contributed by atoms with Crippen LogP contribution in [0.25, 0.3) is 116 Å². The predicted molar refractivity (Wildman–Crippen MR) is 313 cm³/mol. The minimum atomic E-state index is -0.0988. The van der Waals surface area contributed by atoms with E-state index in [2.05, 4.69) is 176 Å². The lowest BCUT2D eigenvalue weighted by Crippen LogP contribution is -2.11. The van der Waals surface area contributed by atoms with Crippen LogP contribution in [-0.4, -0.2) is 24.1 Å². The van der Waals surface area contributed by atoms with Crippen molar-refractivity contribution in [3.63, 3.8) is 0 Å². The third-order valence-corrected chi connectivity index (χ3v) is 15.2. The van der Waals surface area contributed by atoms with Crippen LogP contribution in [-0.2, 0) is 21.7 Å². The SMILES string of the molecule is [C-]#[N+]c1cc2c(oc3c(-c4nc(-c5ccccc5)nc(-c5ccccc5)n4)cccc32)c(-n2c3ccc(C(C)(C)C)cc3c3cc(C(C)(C)C)ccc32)c1-n1c2ccc(C(C)(C)C)cc2c2cc(C(C)(C)C)ccc21. The minimum absolute atomic E-state index is 0.0922. The number of rotatable bonds is 5. The van der Waals surface area contributed by atoms with E-state index in [-0.39, 0.29) is 21.7 Å². The van der Waals surface area contributed by atoms with Gasteiger partial charge in [0.1, 0.15) is 11.3 Å². The van der Waals surface area contributed by atoms with Gasteiger partial charge in [-0.2, -0.15) is 0 Å². The highest BCUT2D eigenvalue weighted by Crippen LogP contribution is 2.50. The van der Waals surface area contributed by atoms with Crippen molar-refractivity contribution in [1.82, 2.24) is 24.1 Å². The zero-order chi connectivity index (χ0) is 52.5. The molecule has 0 aliphatic carbocycles. The third kappa shape index (κ3) is 7.89. The first kappa shape index (κ1) is 47.7. The first-order chi connectivity index (χ1) is 35.7. The van der Waals surface area contributed by atoms with Crippen molar-refractivity contribution in [1.29, 1.82) is 0 Å². The fourth-order valence-electron chi connectivity index (χ4n) is 10.9. The molecule has 0 saturated heterocycles. The van der Waals surface area contributed by atoms with Gasteiger partial charge in [0.05, 0.1) is 39.9 Å². The van der Waals surface area contributed by atoms with Crippen molar-refractivity contribution in [2.45, 2.75) is 105 Å². The molecule has 0 amide bonds. The lowest BCUT2D eigenvalue weighted by molar-refractivity contribution is 0.590. The third-order valence-electron chi connectivity index (χ3n) is 15.2. The summed E-state index contributed by atoms with van der Waals surface area (Å²) in [6.45, 7) is 36.5. The topological polar surface area (TPSA) is 66.0 Å². The van der Waals surface area contributed by atoms with E-state index >= 15 is 0 Å². The number of hydrogen-bond acceptors (Lipinski definition) is 4. The Balaban J connectivity index is 1.27. The summed E-state index contributed by atoms with van der Waals surface area (Å²) >= 11 is 0. The molecule has 0 fully saturated rings. The fraction of sp³-hybridized carbons (Fsp3) is 0.235. The number of aromatic nitrogens is 5. The molecular formula is C68H62N6O. The number of para-hydroxylation sites is 1. The van der Waals surface area contributed by atoms with Gasteiger partial charge in [-0.25, -0.2) is 19.8 Å². The zero-order valence-electron chi connectivity index (χ0n) is 45.1. The normalized spacial score (nSPS) is 12.8. The number of nitrogens with zero attached hydrogens (tertiary/aromatic N) is 6. The van der Waals surface area contributed by atoms with Gasteiger partial charge in [0, 0.05) is 43.4 Å². The first-order valence-corrected chi connectivity index (χ1v) is 26.1. The second kappa shape index (κ2) is 16.8. The lowest BCUT2D eigenvalue weighted by Gasteiger charge is -2.21. The van der Waals surface area contributed by atoms with Crippen molar-refractivity contribution in [2.24, 2.45) is 0 Å². The van der Waals surface area contributed by atoms with E-state index < -0.39 is 0 Å². The van der Waals surface area contributed by atoms with Crippen LogP contribution < -0.4 is 0 Å². The molecule has 0 unspecified atom stereocenters. The van der Waals surface area contributed by atoms with Crippen LogP contribution in [0.2, 0.25) is 0 Å². The van der Waals surface area contributed by atoms with E-state index in [1.165, 1.54) is 22.3 Å². The van der Waals surface area contributed by atoms with E-state index in [4.69, 9.17) is 19.4 Å². The van der Waals surface area contributed by atoms with E-state index in [1.807, 2.05) is 78.9 Å². The standard InChI is InChI=1S/C68H62N6O/c1-65(2,3)42-27-31-54-48(35-42)49-36-43(66(4,5)6)28-32-55(49)73(54)58-53(69-13)39-52-46-25-20-26-47(64-71-62(40-21-16-14-17-22-40)70-63(72-64)41-23-18-15-19-24-41)60(46)75-61(52)59(58)74-56-33-29-44(67(7,8)9)37-50(56)51-38-45(68(10,11)12)30-34-57(51)74/h14-39H,1-12H3. The van der Waals surface area contributed by atoms with Crippen LogP contribution >= 0.6 is 0 Å². The molecule has 7 heteroatoms. The van der Waals surface area contributed by atoms with Crippen LogP contribution in [0.15, 0.2) is 162 Å². The van der Waals surface area contributed by atoms with E-state index in [0.29, 0.717) is 34.3 Å². The van der Waals surface area contributed by atoms with Gasteiger partial charge in [0.2, 0.25) is 5.69 Å². The maximum Gasteiger partial charge on any atom is 0.213 e. The van der Waals surface area contributed by atoms with Crippen LogP contribution in [0.4, 0.5) is 5.69 Å². The Bertz CT molecular complexity index is 4120. The molecule has 4 heterocycles. The Morgan fingerprint density at radius 3 is 1.15 bits per heavy atom. The Labute approximate surface area is 439 Å². The van der Waals surface area contributed by atoms with Gasteiger partial charge in [-0.05, 0) is 105 Å². The van der Waals surface area contributed by atoms with E-state index in [0.717, 1.165) is 82.4 Å². The van der Waals surface area contributed by atoms with Crippen molar-refractivity contribution < 1.29 is 4.42 Å². The lowest BCUT2D eigenvalue weighted by atomic mass is 9.85. The van der Waals surface area contributed by atoms with Gasteiger partial charge in [-0.15, -0.1) is 0 Å². The minimum Gasteiger partial charge on any atom is -0.453 e. The summed E-state index contributed by atoms with van der Waals surface area (Å²) in [5, 5.41) is 6.26. The molecule has 0 spiro atoms. The largest absolute Gasteiger partial charge is 0.453 e. The molecule has 12 aromatic rings. The summed E-state index contributed by atoms with van der Waals surface area (Å²) in [5.74, 6) is 1.62. The monoisotopic (exact) mass is 978 g/mol. The summed E-state index contributed by atoms with van der Waals surface area (Å²) < 4.78 is 12.3. The van der Waals surface area contributed by atoms with Crippen molar-refractivity contribution >= 4 is 71.2 Å². The fourth-order valence-corrected chi connectivity index (χ4v) is 10.9. The molecule has 0 aliphatic heterocycles. The molecule has 0 saturated carbocycles. The van der Waals surface area contributed by atoms with Crippen molar-refractivity contribution in [3.8, 4) is 45.5 Å². The maximum atomic E-state index is 9.25. The first-order valence-electron chi connectivity index (χ1n) is 26.1. The highest BCUT2D eigenvalue weighted by molar-refractivity contribution is 6.19. The molecule has 8 aromatic carbocycles. The number of fused-ring (bicyclic) bond motifs is 9. The molecule has 12 rings (SSSR count). The number of furan rings is 1. The van der Waals surface area contributed by atoms with E-state index in [1.54, 1.807) is 0 Å². The van der Waals surface area contributed by atoms with Crippen LogP contribution in [0.1, 0.15) is 105 Å². The van der Waals surface area contributed by atoms with Gasteiger partial charge in [-0.3, -0.25) is 0 Å². The van der Waals surface area contributed by atoms with Crippen LogP contribution in [0.3, 0.4) is 0 Å². The summed E-state index contributed by atoms with van der Waals surface area (Å²) in [6, 6.07) is 56.0. The Morgan fingerprint density at radius 2 is 0.760 bits per heavy atom. The summed E-state index contributed by atoms with van der Waals surface area (Å²) in [4.78, 5) is 20.0. The Hall–Kier alpha value is -8.34. The molecule has 75 heavy (non-hydrogen) atoms. The van der Waals surface area contributed by atoms with E-state index in [9.17, 15) is 6.57 Å². The highest BCUT2D eigenvalue weighted by Gasteiger charge is 2.31. The van der Waals surface area contributed by atoms with Crippen molar-refractivity contribution in [3.05, 3.63) is 191 Å². The average Bonchev–Trinajstić information content (AvgIpc) is 4.07. The molecule has 0 atom stereocenters. The zero-order valence-corrected chi connectivity index (χ0v) is 45.1. The van der Waals surface area contributed by atoms with Gasteiger partial charge in [-0.1, -0.05) is 180 Å². The molecule has 4 aromatic heterocycles. The summed E-state index contributed by atoms with van der Waals surface area (Å²) in [5.41, 5.74) is 14.5. The molecule has 370 valence electrons. The van der Waals surface area contributed by atoms with Gasteiger partial charge in [0.15, 0.2) is 23.1 Å². The molecule has 0 N–H and O–H groups in total. The smallest absolute Gasteiger partial charge is 0.213 e. The summed E-state index contributed by atoms with van der Waals surface area (Å²) in [6.07, 6.45) is 0. The Morgan fingerprint density at radius 1 is 0.373 bits per heavy atom. The molecule has 7 nitrogen and oxygen atoms in total. The molecule has 0 bridgehead atoms. The molecule has 0 radical (unpaired) electrons. The summed E-state index contributed by atoms with van der Waals surface area (Å²) in [7, 11) is 0. The van der Waals surface area contributed by atoms with Gasteiger partial charge >= 0.3 is 0 Å². The quantitative estimate of drug-likeness (QED) is 0.161. The number of hydrogen-bond donors (Lipinski definition) is 0. The van der Waals surface area contributed by atoms with Crippen molar-refractivity contribution in [2.75, 3.05) is 0 Å². The van der Waals surface area contributed by atoms with Crippen LogP contribution in [0, 0.1) is 6.57 Å². The van der Waals surface area contributed by atoms with Gasteiger partial charge in [0.25, 0.3) is 0 Å². The second-order valence-electron chi connectivity index (χ2n) is 24.5. The second-order valence-corrected chi connectivity index (χ2v) is 24.5. The Kier molecular flexibility index (Phi) is 10.7. The van der Waals surface area contributed by atoms with Crippen LogP contribution in [0.5, 0.6) is 0 Å². The highest BCUT2D eigenvalue weighted by atomic mass is 16.3. The average molecular weight is 979 g/mol. The molecular weight excluding hydrogens is 917 g/mol.